The molecule has 1 aromatic heterocycles. The Morgan fingerprint density at radius 1 is 1.30 bits per heavy atom. The summed E-state index contributed by atoms with van der Waals surface area (Å²) >= 11 is 0. The van der Waals surface area contributed by atoms with Crippen LogP contribution in [0.2, 0.25) is 0 Å². The first-order valence-corrected chi connectivity index (χ1v) is 6.74. The van der Waals surface area contributed by atoms with Crippen LogP contribution >= 0.6 is 0 Å². The number of carboxylic acid groups (broad SMARTS) is 1. The maximum atomic E-state index is 12.2. The molecule has 1 aliphatic heterocycles. The van der Waals surface area contributed by atoms with Crippen LogP contribution in [0.3, 0.4) is 0 Å². The van der Waals surface area contributed by atoms with E-state index in [1.807, 2.05) is 4.90 Å². The summed E-state index contributed by atoms with van der Waals surface area (Å²) in [6.07, 6.45) is 8.32. The third-order valence-electron chi connectivity index (χ3n) is 3.90. The van der Waals surface area contributed by atoms with E-state index in [2.05, 4.69) is 22.5 Å². The van der Waals surface area contributed by atoms with Gasteiger partial charge in [0.05, 0.1) is 12.2 Å². The summed E-state index contributed by atoms with van der Waals surface area (Å²) in [6, 6.07) is 0.0404. The van der Waals surface area contributed by atoms with Gasteiger partial charge in [0.15, 0.2) is 5.69 Å². The molecule has 1 fully saturated rings. The molecule has 1 amide bonds. The first-order chi connectivity index (χ1) is 9.65. The number of carbonyl (C=O) groups excluding carboxylic acids is 1. The molecule has 1 aliphatic carbocycles. The number of hydrogen-bond donors (Lipinski definition) is 1. The highest BCUT2D eigenvalue weighted by Gasteiger charge is 2.36. The van der Waals surface area contributed by atoms with Crippen molar-refractivity contribution in [3.8, 4) is 0 Å². The Labute approximate surface area is 115 Å². The summed E-state index contributed by atoms with van der Waals surface area (Å²) in [5.74, 6) is -0.784. The summed E-state index contributed by atoms with van der Waals surface area (Å²) in [6.45, 7) is 1.17. The Balaban J connectivity index is 1.56. The van der Waals surface area contributed by atoms with Gasteiger partial charge in [-0.25, -0.2) is 9.48 Å². The van der Waals surface area contributed by atoms with Gasteiger partial charge in [0, 0.05) is 19.0 Å². The SMILES string of the molecule is O=C(O)c1cn(C2CN(C(=O)C3CC=CCC3)C2)nn1. The van der Waals surface area contributed by atoms with E-state index in [0.29, 0.717) is 13.1 Å². The molecule has 2 aliphatic rings. The molecule has 2 heterocycles. The molecule has 1 unspecified atom stereocenters. The smallest absolute Gasteiger partial charge is 0.358 e. The number of carbonyl (C=O) groups is 2. The molecule has 0 saturated carbocycles. The minimum absolute atomic E-state index is 0.0404. The lowest BCUT2D eigenvalue weighted by Crippen LogP contribution is -2.52. The quantitative estimate of drug-likeness (QED) is 0.822. The van der Waals surface area contributed by atoms with Crippen molar-refractivity contribution in [3.05, 3.63) is 24.0 Å². The Hall–Kier alpha value is -2.18. The molecule has 0 radical (unpaired) electrons. The van der Waals surface area contributed by atoms with Gasteiger partial charge in [-0.1, -0.05) is 17.4 Å². The number of rotatable bonds is 3. The Kier molecular flexibility index (Phi) is 3.25. The molecule has 0 aromatic carbocycles. The third kappa shape index (κ3) is 2.31. The molecular formula is C13H16N4O3. The number of amides is 1. The van der Waals surface area contributed by atoms with Gasteiger partial charge in [-0.15, -0.1) is 5.10 Å². The number of hydrogen-bond acceptors (Lipinski definition) is 4. The van der Waals surface area contributed by atoms with Crippen molar-refractivity contribution >= 4 is 11.9 Å². The van der Waals surface area contributed by atoms with E-state index >= 15 is 0 Å². The van der Waals surface area contributed by atoms with Crippen LogP contribution in [0.4, 0.5) is 0 Å². The topological polar surface area (TPSA) is 88.3 Å². The lowest BCUT2D eigenvalue weighted by molar-refractivity contribution is -0.141. The van der Waals surface area contributed by atoms with E-state index in [0.717, 1.165) is 19.3 Å². The molecule has 1 atom stereocenters. The van der Waals surface area contributed by atoms with E-state index in [1.165, 1.54) is 10.9 Å². The van der Waals surface area contributed by atoms with E-state index < -0.39 is 5.97 Å². The van der Waals surface area contributed by atoms with Crippen LogP contribution in [0.25, 0.3) is 0 Å². The van der Waals surface area contributed by atoms with Crippen molar-refractivity contribution in [3.63, 3.8) is 0 Å². The molecule has 3 rings (SSSR count). The fourth-order valence-corrected chi connectivity index (χ4v) is 2.63. The van der Waals surface area contributed by atoms with Gasteiger partial charge >= 0.3 is 5.97 Å². The predicted molar refractivity (Wildman–Crippen MR) is 69.1 cm³/mol. The van der Waals surface area contributed by atoms with Crippen LogP contribution in [0.1, 0.15) is 35.8 Å². The number of likely N-dealkylation sites (tertiary alicyclic amines) is 1. The number of allylic oxidation sites excluding steroid dienone is 2. The van der Waals surface area contributed by atoms with Crippen LogP contribution in [0.5, 0.6) is 0 Å². The summed E-state index contributed by atoms with van der Waals surface area (Å²) in [5.41, 5.74) is -0.0628. The van der Waals surface area contributed by atoms with Crippen molar-refractivity contribution in [2.24, 2.45) is 5.92 Å². The summed E-state index contributed by atoms with van der Waals surface area (Å²) < 4.78 is 1.54. The molecule has 7 nitrogen and oxygen atoms in total. The monoisotopic (exact) mass is 276 g/mol. The van der Waals surface area contributed by atoms with Crippen LogP contribution in [0, 0.1) is 5.92 Å². The van der Waals surface area contributed by atoms with E-state index in [9.17, 15) is 9.59 Å². The number of aromatic carboxylic acids is 1. The lowest BCUT2D eigenvalue weighted by Gasteiger charge is -2.40. The second kappa shape index (κ2) is 5.07. The number of aromatic nitrogens is 3. The largest absolute Gasteiger partial charge is 0.476 e. The molecule has 20 heavy (non-hydrogen) atoms. The summed E-state index contributed by atoms with van der Waals surface area (Å²) in [4.78, 5) is 24.8. The standard InChI is InChI=1S/C13H16N4O3/c18-12(9-4-2-1-3-5-9)16-6-10(7-16)17-8-11(13(19)20)14-15-17/h1-2,8-10H,3-7H2,(H,19,20). The van der Waals surface area contributed by atoms with Gasteiger partial charge in [0.25, 0.3) is 0 Å². The lowest BCUT2D eigenvalue weighted by atomic mass is 9.91. The molecule has 7 heteroatoms. The second-order valence-corrected chi connectivity index (χ2v) is 5.27. The van der Waals surface area contributed by atoms with Crippen molar-refractivity contribution in [2.75, 3.05) is 13.1 Å². The maximum Gasteiger partial charge on any atom is 0.358 e. The molecule has 0 spiro atoms. The van der Waals surface area contributed by atoms with E-state index in [1.54, 1.807) is 0 Å². The van der Waals surface area contributed by atoms with Gasteiger partial charge in [0.2, 0.25) is 5.91 Å². The van der Waals surface area contributed by atoms with Crippen LogP contribution in [0.15, 0.2) is 18.3 Å². The van der Waals surface area contributed by atoms with Gasteiger partial charge in [-0.05, 0) is 19.3 Å². The van der Waals surface area contributed by atoms with Crippen molar-refractivity contribution in [2.45, 2.75) is 25.3 Å². The minimum Gasteiger partial charge on any atom is -0.476 e. The van der Waals surface area contributed by atoms with Gasteiger partial charge in [0.1, 0.15) is 0 Å². The van der Waals surface area contributed by atoms with Gasteiger partial charge in [-0.3, -0.25) is 4.79 Å². The summed E-state index contributed by atoms with van der Waals surface area (Å²) in [5, 5.41) is 16.2. The molecule has 1 aromatic rings. The van der Waals surface area contributed by atoms with E-state index in [4.69, 9.17) is 5.11 Å². The Morgan fingerprint density at radius 3 is 2.70 bits per heavy atom. The second-order valence-electron chi connectivity index (χ2n) is 5.27. The highest BCUT2D eigenvalue weighted by atomic mass is 16.4. The van der Waals surface area contributed by atoms with Crippen LogP contribution < -0.4 is 0 Å². The Bertz CT molecular complexity index is 560. The molecule has 106 valence electrons. The molecule has 0 bridgehead atoms. The van der Waals surface area contributed by atoms with Crippen LogP contribution in [-0.2, 0) is 4.79 Å². The molecule has 1 N–H and O–H groups in total. The third-order valence-corrected chi connectivity index (χ3v) is 3.90. The Morgan fingerprint density at radius 2 is 2.10 bits per heavy atom. The predicted octanol–water partition coefficient (Wildman–Crippen LogP) is 0.716. The fraction of sp³-hybridized carbons (Fsp3) is 0.538. The van der Waals surface area contributed by atoms with E-state index in [-0.39, 0.29) is 23.6 Å². The zero-order chi connectivity index (χ0) is 14.1. The molecule has 1 saturated heterocycles. The average molecular weight is 276 g/mol. The number of nitrogens with zero attached hydrogens (tertiary/aromatic N) is 4. The van der Waals surface area contributed by atoms with Crippen molar-refractivity contribution in [1.29, 1.82) is 0 Å². The first kappa shape index (κ1) is 12.8. The van der Waals surface area contributed by atoms with Gasteiger partial charge in [-0.2, -0.15) is 0 Å². The first-order valence-electron chi connectivity index (χ1n) is 6.74. The summed E-state index contributed by atoms with van der Waals surface area (Å²) in [7, 11) is 0. The zero-order valence-corrected chi connectivity index (χ0v) is 11.0. The minimum atomic E-state index is -1.09. The molecular weight excluding hydrogens is 260 g/mol. The van der Waals surface area contributed by atoms with Crippen molar-refractivity contribution < 1.29 is 14.7 Å². The number of carboxylic acids is 1. The highest BCUT2D eigenvalue weighted by molar-refractivity contribution is 5.84. The van der Waals surface area contributed by atoms with Crippen molar-refractivity contribution in [1.82, 2.24) is 19.9 Å². The normalized spacial score (nSPS) is 22.6. The fourth-order valence-electron chi connectivity index (χ4n) is 2.63. The van der Waals surface area contributed by atoms with Crippen LogP contribution in [-0.4, -0.2) is 50.0 Å². The van der Waals surface area contributed by atoms with Gasteiger partial charge < -0.3 is 10.0 Å². The maximum absolute atomic E-state index is 12.2. The average Bonchev–Trinajstić information content (AvgIpc) is 2.87. The highest BCUT2D eigenvalue weighted by Crippen LogP contribution is 2.27. The zero-order valence-electron chi connectivity index (χ0n) is 11.0.